The summed E-state index contributed by atoms with van der Waals surface area (Å²) in [7, 11) is 0. The van der Waals surface area contributed by atoms with Gasteiger partial charge in [-0.15, -0.1) is 0 Å². The molecule has 0 amide bonds. The molecule has 7 nitrogen and oxygen atoms in total. The molecular formula is C25H30N6O. The summed E-state index contributed by atoms with van der Waals surface area (Å²) in [6.45, 7) is 3.26. The zero-order valence-electron chi connectivity index (χ0n) is 18.5. The summed E-state index contributed by atoms with van der Waals surface area (Å²) in [6.07, 6.45) is 11.2. The maximum Gasteiger partial charge on any atom is 0.160 e. The van der Waals surface area contributed by atoms with Gasteiger partial charge in [0.25, 0.3) is 0 Å². The van der Waals surface area contributed by atoms with Crippen LogP contribution in [0.4, 0.5) is 5.82 Å². The van der Waals surface area contributed by atoms with Crippen molar-refractivity contribution >= 4 is 28.0 Å². The first kappa shape index (κ1) is 19.7. The number of rotatable bonds is 4. The number of aliphatic hydroxyl groups is 1. The Balaban J connectivity index is 1.41. The van der Waals surface area contributed by atoms with Crippen LogP contribution in [-0.4, -0.2) is 48.8 Å². The highest BCUT2D eigenvalue weighted by Gasteiger charge is 2.30. The first-order valence-corrected chi connectivity index (χ1v) is 11.9. The molecule has 3 aromatic heterocycles. The zero-order chi connectivity index (χ0) is 21.7. The minimum absolute atomic E-state index is 0.223. The number of aliphatic hydroxyl groups excluding tert-OH is 1. The zero-order valence-corrected chi connectivity index (χ0v) is 18.5. The molecule has 1 aliphatic carbocycles. The van der Waals surface area contributed by atoms with Crippen molar-refractivity contribution in [3.8, 4) is 11.1 Å². The third kappa shape index (κ3) is 3.26. The quantitative estimate of drug-likeness (QED) is 0.491. The molecule has 7 heteroatoms. The number of aromatic nitrogens is 5. The Morgan fingerprint density at radius 1 is 1.12 bits per heavy atom. The van der Waals surface area contributed by atoms with Gasteiger partial charge in [0.1, 0.15) is 11.3 Å². The topological polar surface area (TPSA) is 82.9 Å². The maximum atomic E-state index is 9.64. The number of nitrogens with zero attached hydrogens (tertiary/aromatic N) is 5. The number of hydrogen-bond acceptors (Lipinski definition) is 5. The molecule has 4 aromatic rings. The van der Waals surface area contributed by atoms with Gasteiger partial charge in [-0.05, 0) is 49.9 Å². The molecule has 2 N–H and O–H groups in total. The Bertz CT molecular complexity index is 1250. The fourth-order valence-electron chi connectivity index (χ4n) is 5.72. The van der Waals surface area contributed by atoms with E-state index in [1.54, 1.807) is 6.33 Å². The molecule has 1 saturated heterocycles. The molecule has 1 saturated carbocycles. The lowest BCUT2D eigenvalue weighted by Crippen LogP contribution is -2.28. The summed E-state index contributed by atoms with van der Waals surface area (Å²) in [6, 6.07) is 9.67. The lowest BCUT2D eigenvalue weighted by atomic mass is 9.95. The van der Waals surface area contributed by atoms with Gasteiger partial charge in [-0.1, -0.05) is 25.3 Å². The van der Waals surface area contributed by atoms with Crippen LogP contribution in [0.15, 0.2) is 36.9 Å². The van der Waals surface area contributed by atoms with E-state index in [0.29, 0.717) is 18.0 Å². The van der Waals surface area contributed by atoms with Crippen LogP contribution in [0, 0.1) is 5.92 Å². The number of nitrogens with one attached hydrogen (secondary N) is 1. The van der Waals surface area contributed by atoms with Crippen LogP contribution in [0.25, 0.3) is 33.3 Å². The Kier molecular flexibility index (Phi) is 4.86. The molecule has 2 fully saturated rings. The van der Waals surface area contributed by atoms with Crippen LogP contribution in [0.5, 0.6) is 0 Å². The molecule has 2 aliphatic rings. The van der Waals surface area contributed by atoms with Gasteiger partial charge >= 0.3 is 0 Å². The van der Waals surface area contributed by atoms with Crippen molar-refractivity contribution < 1.29 is 5.11 Å². The van der Waals surface area contributed by atoms with E-state index >= 15 is 0 Å². The van der Waals surface area contributed by atoms with Gasteiger partial charge in [0.15, 0.2) is 5.65 Å². The van der Waals surface area contributed by atoms with Gasteiger partial charge in [0, 0.05) is 36.7 Å². The normalized spacial score (nSPS) is 22.4. The SMILES string of the molecule is C[C@H]1C[C@H](CO)CN1c1cc(-c2ccc3c(c2)ncn3C2CCCCC2)c2nc[nH]c2n1. The van der Waals surface area contributed by atoms with Gasteiger partial charge in [-0.3, -0.25) is 0 Å². The van der Waals surface area contributed by atoms with Crippen molar-refractivity contribution in [1.29, 1.82) is 0 Å². The molecule has 0 bridgehead atoms. The third-order valence-electron chi connectivity index (χ3n) is 7.44. The van der Waals surface area contributed by atoms with E-state index in [9.17, 15) is 5.11 Å². The number of anilines is 1. The van der Waals surface area contributed by atoms with Crippen LogP contribution in [0.3, 0.4) is 0 Å². The van der Waals surface area contributed by atoms with Crippen LogP contribution in [0.2, 0.25) is 0 Å². The summed E-state index contributed by atoms with van der Waals surface area (Å²) < 4.78 is 2.38. The lowest BCUT2D eigenvalue weighted by Gasteiger charge is -2.24. The van der Waals surface area contributed by atoms with Gasteiger partial charge in [0.2, 0.25) is 0 Å². The van der Waals surface area contributed by atoms with Crippen molar-refractivity contribution in [1.82, 2.24) is 24.5 Å². The Morgan fingerprint density at radius 3 is 2.81 bits per heavy atom. The smallest absolute Gasteiger partial charge is 0.160 e. The molecular weight excluding hydrogens is 400 g/mol. The summed E-state index contributed by atoms with van der Waals surface area (Å²) in [5.41, 5.74) is 6.10. The fourth-order valence-corrected chi connectivity index (χ4v) is 5.72. The Morgan fingerprint density at radius 2 is 2.00 bits per heavy atom. The van der Waals surface area contributed by atoms with Gasteiger partial charge in [0.05, 0.1) is 23.7 Å². The van der Waals surface area contributed by atoms with Crippen molar-refractivity contribution in [3.63, 3.8) is 0 Å². The number of aromatic amines is 1. The standard InChI is InChI=1S/C25H30N6O/c1-16-9-17(13-32)12-30(16)23-11-20(24-25(29-23)27-14-26-24)18-7-8-22-21(10-18)28-15-31(22)19-5-3-2-4-6-19/h7-8,10-11,14-17,19,32H,2-6,9,12-13H2,1H3,(H,26,27,29)/t16-,17-/m0/s1. The van der Waals surface area contributed by atoms with Crippen LogP contribution < -0.4 is 4.90 Å². The predicted molar refractivity (Wildman–Crippen MR) is 127 cm³/mol. The van der Waals surface area contributed by atoms with Crippen LogP contribution in [-0.2, 0) is 0 Å². The van der Waals surface area contributed by atoms with Gasteiger partial charge in [-0.2, -0.15) is 0 Å². The second-order valence-electron chi connectivity index (χ2n) is 9.56. The third-order valence-corrected chi connectivity index (χ3v) is 7.44. The molecule has 0 radical (unpaired) electrons. The summed E-state index contributed by atoms with van der Waals surface area (Å²) in [5, 5.41) is 9.64. The number of fused-ring (bicyclic) bond motifs is 2. The minimum atomic E-state index is 0.223. The van der Waals surface area contributed by atoms with Gasteiger partial charge in [-0.25, -0.2) is 15.0 Å². The summed E-state index contributed by atoms with van der Waals surface area (Å²) in [4.78, 5) is 19.7. The molecule has 1 aliphatic heterocycles. The first-order valence-electron chi connectivity index (χ1n) is 11.9. The predicted octanol–water partition coefficient (Wildman–Crippen LogP) is 4.69. The van der Waals surface area contributed by atoms with E-state index in [0.717, 1.165) is 46.6 Å². The van der Waals surface area contributed by atoms with Gasteiger partial charge < -0.3 is 19.6 Å². The van der Waals surface area contributed by atoms with E-state index in [2.05, 4.69) is 50.6 Å². The van der Waals surface area contributed by atoms with Crippen molar-refractivity contribution in [2.75, 3.05) is 18.1 Å². The van der Waals surface area contributed by atoms with E-state index in [-0.39, 0.29) is 6.61 Å². The second kappa shape index (κ2) is 7.89. The Hall–Kier alpha value is -2.93. The first-order chi connectivity index (χ1) is 15.7. The minimum Gasteiger partial charge on any atom is -0.396 e. The monoisotopic (exact) mass is 430 g/mol. The largest absolute Gasteiger partial charge is 0.396 e. The number of H-pyrrole nitrogens is 1. The highest BCUT2D eigenvalue weighted by molar-refractivity contribution is 5.94. The van der Waals surface area contributed by atoms with E-state index in [1.807, 2.05) is 6.33 Å². The highest BCUT2D eigenvalue weighted by atomic mass is 16.3. The van der Waals surface area contributed by atoms with Crippen molar-refractivity contribution in [2.24, 2.45) is 5.92 Å². The summed E-state index contributed by atoms with van der Waals surface area (Å²) in [5.74, 6) is 1.24. The number of hydrogen-bond donors (Lipinski definition) is 2. The maximum absolute atomic E-state index is 9.64. The molecule has 32 heavy (non-hydrogen) atoms. The molecule has 0 unspecified atom stereocenters. The number of pyridine rings is 1. The van der Waals surface area contributed by atoms with Crippen molar-refractivity contribution in [3.05, 3.63) is 36.9 Å². The molecule has 4 heterocycles. The molecule has 2 atom stereocenters. The summed E-state index contributed by atoms with van der Waals surface area (Å²) >= 11 is 0. The highest BCUT2D eigenvalue weighted by Crippen LogP contribution is 2.36. The average Bonchev–Trinajstić information content (AvgIpc) is 3.56. The van der Waals surface area contributed by atoms with Crippen molar-refractivity contribution in [2.45, 2.75) is 57.5 Å². The number of benzene rings is 1. The second-order valence-corrected chi connectivity index (χ2v) is 9.56. The molecule has 166 valence electrons. The fraction of sp³-hybridized carbons (Fsp3) is 0.480. The van der Waals surface area contributed by atoms with Crippen LogP contribution >= 0.6 is 0 Å². The molecule has 1 aromatic carbocycles. The van der Waals surface area contributed by atoms with E-state index in [4.69, 9.17) is 9.97 Å². The lowest BCUT2D eigenvalue weighted by molar-refractivity contribution is 0.236. The Labute approximate surface area is 187 Å². The van der Waals surface area contributed by atoms with E-state index < -0.39 is 0 Å². The average molecular weight is 431 g/mol. The molecule has 0 spiro atoms. The number of imidazole rings is 2. The van der Waals surface area contributed by atoms with Crippen LogP contribution in [0.1, 0.15) is 51.5 Å². The van der Waals surface area contributed by atoms with E-state index in [1.165, 1.54) is 37.6 Å². The molecule has 6 rings (SSSR count).